The molecule has 0 aromatic rings. The summed E-state index contributed by atoms with van der Waals surface area (Å²) < 4.78 is 0. The minimum Gasteiger partial charge on any atom is -0.211 e. The predicted molar refractivity (Wildman–Crippen MR) is 62.6 cm³/mol. The highest BCUT2D eigenvalue weighted by Crippen LogP contribution is 2.47. The van der Waals surface area contributed by atoms with Gasteiger partial charge in [-0.05, 0) is 37.5 Å². The van der Waals surface area contributed by atoms with E-state index in [4.69, 9.17) is 0 Å². The number of hydrogen-bond acceptors (Lipinski definition) is 2. The monoisotopic (exact) mass is 209 g/mol. The van der Waals surface area contributed by atoms with E-state index in [1.165, 1.54) is 25.7 Å². The van der Waals surface area contributed by atoms with Crippen LogP contribution in [0.5, 0.6) is 0 Å². The highest BCUT2D eigenvalue weighted by atomic mass is 16.1. The molecule has 0 bridgehead atoms. The average Bonchev–Trinajstić information content (AvgIpc) is 2.31. The number of isocyanates is 1. The molecule has 1 aliphatic carbocycles. The van der Waals surface area contributed by atoms with Crippen molar-refractivity contribution < 1.29 is 4.79 Å². The molecule has 15 heavy (non-hydrogen) atoms. The van der Waals surface area contributed by atoms with Gasteiger partial charge in [0.25, 0.3) is 0 Å². The van der Waals surface area contributed by atoms with Crippen LogP contribution in [0.1, 0.15) is 65.7 Å². The van der Waals surface area contributed by atoms with Gasteiger partial charge in [-0.2, -0.15) is 4.99 Å². The minimum atomic E-state index is -0.0738. The van der Waals surface area contributed by atoms with E-state index >= 15 is 0 Å². The fourth-order valence-corrected chi connectivity index (χ4v) is 2.84. The van der Waals surface area contributed by atoms with Crippen LogP contribution < -0.4 is 0 Å². The molecule has 0 radical (unpaired) electrons. The molecular formula is C13H23NO. The summed E-state index contributed by atoms with van der Waals surface area (Å²) in [4.78, 5) is 14.5. The third-order valence-corrected chi connectivity index (χ3v) is 4.68. The van der Waals surface area contributed by atoms with Crippen LogP contribution in [0.25, 0.3) is 0 Å². The molecule has 0 N–H and O–H groups in total. The second kappa shape index (κ2) is 4.94. The Kier molecular flexibility index (Phi) is 4.10. The highest BCUT2D eigenvalue weighted by molar-refractivity contribution is 5.35. The molecule has 0 saturated heterocycles. The van der Waals surface area contributed by atoms with Gasteiger partial charge in [0.05, 0.1) is 5.54 Å². The summed E-state index contributed by atoms with van der Waals surface area (Å²) in [5.74, 6) is 0. The molecule has 0 unspecified atom stereocenters. The first kappa shape index (κ1) is 12.4. The van der Waals surface area contributed by atoms with Crippen molar-refractivity contribution in [1.29, 1.82) is 0 Å². The first-order valence-corrected chi connectivity index (χ1v) is 6.25. The van der Waals surface area contributed by atoms with Crippen LogP contribution in [0.3, 0.4) is 0 Å². The lowest BCUT2D eigenvalue weighted by Crippen LogP contribution is -2.36. The van der Waals surface area contributed by atoms with Gasteiger partial charge in [0, 0.05) is 0 Å². The first-order valence-electron chi connectivity index (χ1n) is 6.25. The minimum absolute atomic E-state index is 0.0738. The van der Waals surface area contributed by atoms with Crippen molar-refractivity contribution in [3.8, 4) is 0 Å². The zero-order valence-electron chi connectivity index (χ0n) is 10.3. The van der Waals surface area contributed by atoms with Gasteiger partial charge in [0.1, 0.15) is 0 Å². The summed E-state index contributed by atoms with van der Waals surface area (Å²) >= 11 is 0. The molecule has 1 fully saturated rings. The van der Waals surface area contributed by atoms with E-state index in [2.05, 4.69) is 25.8 Å². The van der Waals surface area contributed by atoms with Crippen LogP contribution in [-0.4, -0.2) is 11.6 Å². The molecule has 2 nitrogen and oxygen atoms in total. The normalized spacial score (nSPS) is 23.1. The summed E-state index contributed by atoms with van der Waals surface area (Å²) in [5, 5.41) is 0. The first-order chi connectivity index (χ1) is 7.16. The summed E-state index contributed by atoms with van der Waals surface area (Å²) in [6, 6.07) is 0. The standard InChI is InChI=1S/C13H23NO/c1-4-12(5-2)7-9-13(6-3,10-8-12)14-11-15/h4-10H2,1-3H3. The second-order valence-corrected chi connectivity index (χ2v) is 4.99. The van der Waals surface area contributed by atoms with E-state index in [-0.39, 0.29) is 5.54 Å². The molecule has 86 valence electrons. The number of rotatable bonds is 4. The van der Waals surface area contributed by atoms with Crippen LogP contribution in [0.2, 0.25) is 0 Å². The molecule has 0 heterocycles. The predicted octanol–water partition coefficient (Wildman–Crippen LogP) is 3.85. The van der Waals surface area contributed by atoms with Crippen molar-refractivity contribution in [3.05, 3.63) is 0 Å². The Bertz CT molecular complexity index is 239. The zero-order valence-corrected chi connectivity index (χ0v) is 10.3. The highest BCUT2D eigenvalue weighted by Gasteiger charge is 2.39. The Morgan fingerprint density at radius 3 is 1.87 bits per heavy atom. The van der Waals surface area contributed by atoms with E-state index in [0.717, 1.165) is 19.3 Å². The van der Waals surface area contributed by atoms with E-state index in [9.17, 15) is 4.79 Å². The fraction of sp³-hybridized carbons (Fsp3) is 0.923. The molecule has 0 aromatic carbocycles. The largest absolute Gasteiger partial charge is 0.235 e. The molecule has 0 aromatic heterocycles. The quantitative estimate of drug-likeness (QED) is 0.511. The molecule has 1 saturated carbocycles. The van der Waals surface area contributed by atoms with Gasteiger partial charge in [0.15, 0.2) is 0 Å². The maximum absolute atomic E-state index is 10.4. The van der Waals surface area contributed by atoms with Crippen LogP contribution in [-0.2, 0) is 4.79 Å². The van der Waals surface area contributed by atoms with Gasteiger partial charge < -0.3 is 0 Å². The van der Waals surface area contributed by atoms with Crippen molar-refractivity contribution in [2.75, 3.05) is 0 Å². The van der Waals surface area contributed by atoms with Crippen molar-refractivity contribution in [2.45, 2.75) is 71.3 Å². The molecule has 2 heteroatoms. The van der Waals surface area contributed by atoms with Crippen molar-refractivity contribution in [2.24, 2.45) is 10.4 Å². The maximum Gasteiger partial charge on any atom is 0.235 e. The second-order valence-electron chi connectivity index (χ2n) is 4.99. The Balaban J connectivity index is 2.71. The Morgan fingerprint density at radius 1 is 1.00 bits per heavy atom. The summed E-state index contributed by atoms with van der Waals surface area (Å²) in [6.07, 6.45) is 9.84. The van der Waals surface area contributed by atoms with Gasteiger partial charge in [-0.25, -0.2) is 4.79 Å². The smallest absolute Gasteiger partial charge is 0.211 e. The van der Waals surface area contributed by atoms with Gasteiger partial charge in [-0.15, -0.1) is 0 Å². The SMILES string of the molecule is CCC1(CC)CCC(CC)(N=C=O)CC1. The number of carbonyl (C=O) groups excluding carboxylic acids is 1. The van der Waals surface area contributed by atoms with E-state index in [0.29, 0.717) is 5.41 Å². The van der Waals surface area contributed by atoms with E-state index in [1.807, 2.05) is 0 Å². The molecular weight excluding hydrogens is 186 g/mol. The lowest BCUT2D eigenvalue weighted by Gasteiger charge is -2.43. The van der Waals surface area contributed by atoms with Gasteiger partial charge in [-0.1, -0.05) is 33.6 Å². The van der Waals surface area contributed by atoms with E-state index < -0.39 is 0 Å². The third-order valence-electron chi connectivity index (χ3n) is 4.68. The van der Waals surface area contributed by atoms with E-state index in [1.54, 1.807) is 6.08 Å². The summed E-state index contributed by atoms with van der Waals surface area (Å²) in [6.45, 7) is 6.70. The Hall–Kier alpha value is -0.620. The van der Waals surface area contributed by atoms with Crippen LogP contribution >= 0.6 is 0 Å². The fourth-order valence-electron chi connectivity index (χ4n) is 2.84. The van der Waals surface area contributed by atoms with Crippen molar-refractivity contribution in [3.63, 3.8) is 0 Å². The summed E-state index contributed by atoms with van der Waals surface area (Å²) in [5.41, 5.74) is 0.451. The molecule has 1 rings (SSSR count). The van der Waals surface area contributed by atoms with Gasteiger partial charge in [-0.3, -0.25) is 0 Å². The van der Waals surface area contributed by atoms with Crippen LogP contribution in [0.15, 0.2) is 4.99 Å². The van der Waals surface area contributed by atoms with Gasteiger partial charge >= 0.3 is 0 Å². The number of hydrogen-bond donors (Lipinski definition) is 0. The number of nitrogens with zero attached hydrogens (tertiary/aromatic N) is 1. The lowest BCUT2D eigenvalue weighted by molar-refractivity contribution is 0.117. The van der Waals surface area contributed by atoms with Crippen LogP contribution in [0.4, 0.5) is 0 Å². The van der Waals surface area contributed by atoms with Gasteiger partial charge in [0.2, 0.25) is 6.08 Å². The molecule has 0 spiro atoms. The lowest BCUT2D eigenvalue weighted by atomic mass is 9.64. The van der Waals surface area contributed by atoms with Crippen molar-refractivity contribution >= 4 is 6.08 Å². The third kappa shape index (κ3) is 2.49. The molecule has 0 aliphatic heterocycles. The molecule has 0 atom stereocenters. The zero-order chi connectivity index (χ0) is 11.4. The van der Waals surface area contributed by atoms with Crippen molar-refractivity contribution in [1.82, 2.24) is 0 Å². The Morgan fingerprint density at radius 2 is 1.53 bits per heavy atom. The van der Waals surface area contributed by atoms with Crippen LogP contribution in [0, 0.1) is 5.41 Å². The Labute approximate surface area is 93.2 Å². The molecule has 0 amide bonds. The summed E-state index contributed by atoms with van der Waals surface area (Å²) in [7, 11) is 0. The number of aliphatic imine (C=N–C) groups is 1. The average molecular weight is 209 g/mol. The topological polar surface area (TPSA) is 29.4 Å². The molecule has 1 aliphatic rings. The maximum atomic E-state index is 10.4.